The number of nitrogens with zero attached hydrogens (tertiary/aromatic N) is 3. The second-order valence-electron chi connectivity index (χ2n) is 7.70. The highest BCUT2D eigenvalue weighted by atomic mass is 16.5. The third kappa shape index (κ3) is 4.40. The number of benzene rings is 2. The molecule has 1 fully saturated rings. The molecular weight excluding hydrogens is 394 g/mol. The Balaban J connectivity index is 1.32. The lowest BCUT2D eigenvalue weighted by molar-refractivity contribution is -0.133. The lowest BCUT2D eigenvalue weighted by Crippen LogP contribution is -2.50. The van der Waals surface area contributed by atoms with Crippen molar-refractivity contribution in [3.05, 3.63) is 59.7 Å². The minimum Gasteiger partial charge on any atom is -0.492 e. The number of carbonyl (C=O) groups excluding carboxylic acids is 3. The minimum atomic E-state index is -0.308. The zero-order chi connectivity index (χ0) is 21.8. The fourth-order valence-corrected chi connectivity index (χ4v) is 4.18. The summed E-state index contributed by atoms with van der Waals surface area (Å²) in [5.74, 6) is 0.273. The SMILES string of the molecule is CCOc1ccccc1N1CCN(C(=O)CCN2C(=O)Cc3ccccc3C2=O)CC1. The molecule has 0 radical (unpaired) electrons. The van der Waals surface area contributed by atoms with E-state index in [4.69, 9.17) is 4.74 Å². The number of imide groups is 1. The molecular formula is C24H27N3O4. The Morgan fingerprint density at radius 1 is 0.968 bits per heavy atom. The maximum atomic E-state index is 12.7. The van der Waals surface area contributed by atoms with Gasteiger partial charge in [0.25, 0.3) is 5.91 Å². The van der Waals surface area contributed by atoms with Crippen LogP contribution in [-0.2, 0) is 16.0 Å². The van der Waals surface area contributed by atoms with E-state index in [-0.39, 0.29) is 37.1 Å². The van der Waals surface area contributed by atoms with Gasteiger partial charge < -0.3 is 14.5 Å². The van der Waals surface area contributed by atoms with Crippen LogP contribution in [0.2, 0.25) is 0 Å². The lowest BCUT2D eigenvalue weighted by Gasteiger charge is -2.37. The maximum absolute atomic E-state index is 12.7. The van der Waals surface area contributed by atoms with E-state index in [1.165, 1.54) is 4.90 Å². The lowest BCUT2D eigenvalue weighted by atomic mass is 9.98. The zero-order valence-electron chi connectivity index (χ0n) is 17.8. The van der Waals surface area contributed by atoms with E-state index in [0.29, 0.717) is 38.3 Å². The van der Waals surface area contributed by atoms with Crippen molar-refractivity contribution in [3.8, 4) is 5.75 Å². The second-order valence-corrected chi connectivity index (χ2v) is 7.70. The molecule has 0 N–H and O–H groups in total. The average molecular weight is 421 g/mol. The molecule has 7 nitrogen and oxygen atoms in total. The number of fused-ring (bicyclic) bond motifs is 1. The van der Waals surface area contributed by atoms with Crippen molar-refractivity contribution in [2.45, 2.75) is 19.8 Å². The predicted octanol–water partition coefficient (Wildman–Crippen LogP) is 2.35. The first-order valence-electron chi connectivity index (χ1n) is 10.8. The molecule has 162 valence electrons. The van der Waals surface area contributed by atoms with Crippen molar-refractivity contribution in [3.63, 3.8) is 0 Å². The quantitative estimate of drug-likeness (QED) is 0.670. The van der Waals surface area contributed by atoms with E-state index >= 15 is 0 Å². The molecule has 3 amide bonds. The Morgan fingerprint density at radius 2 is 1.68 bits per heavy atom. The van der Waals surface area contributed by atoms with E-state index < -0.39 is 0 Å². The minimum absolute atomic E-state index is 0.0304. The van der Waals surface area contributed by atoms with E-state index in [1.807, 2.05) is 42.2 Å². The number of ether oxygens (including phenoxy) is 1. The number of rotatable bonds is 6. The first kappa shape index (κ1) is 20.9. The van der Waals surface area contributed by atoms with Crippen LogP contribution in [0.4, 0.5) is 5.69 Å². The van der Waals surface area contributed by atoms with Crippen LogP contribution in [0.3, 0.4) is 0 Å². The van der Waals surface area contributed by atoms with Crippen molar-refractivity contribution in [2.75, 3.05) is 44.2 Å². The highest BCUT2D eigenvalue weighted by Crippen LogP contribution is 2.29. The van der Waals surface area contributed by atoms with Gasteiger partial charge in [-0.15, -0.1) is 0 Å². The van der Waals surface area contributed by atoms with Gasteiger partial charge in [0.05, 0.1) is 18.7 Å². The van der Waals surface area contributed by atoms with Crippen LogP contribution in [0.1, 0.15) is 29.3 Å². The molecule has 0 bridgehead atoms. The molecule has 4 rings (SSSR count). The van der Waals surface area contributed by atoms with Crippen LogP contribution in [-0.4, -0.2) is 66.9 Å². The molecule has 0 aromatic heterocycles. The van der Waals surface area contributed by atoms with Crippen LogP contribution in [0, 0.1) is 0 Å². The standard InChI is InChI=1S/C24H27N3O4/c1-2-31-21-10-6-5-9-20(21)25-13-15-26(16-14-25)22(28)11-12-27-23(29)17-18-7-3-4-8-19(18)24(27)30/h3-10H,2,11-17H2,1H3. The molecule has 2 aliphatic heterocycles. The molecule has 7 heteroatoms. The Labute approximate surface area is 182 Å². The largest absolute Gasteiger partial charge is 0.492 e. The molecule has 2 aliphatic rings. The van der Waals surface area contributed by atoms with Crippen LogP contribution in [0.25, 0.3) is 0 Å². The van der Waals surface area contributed by atoms with Crippen molar-refractivity contribution in [2.24, 2.45) is 0 Å². The van der Waals surface area contributed by atoms with Gasteiger partial charge in [0.1, 0.15) is 5.75 Å². The first-order valence-corrected chi connectivity index (χ1v) is 10.8. The molecule has 31 heavy (non-hydrogen) atoms. The fraction of sp³-hybridized carbons (Fsp3) is 0.375. The molecule has 2 aromatic carbocycles. The van der Waals surface area contributed by atoms with Gasteiger partial charge in [-0.25, -0.2) is 0 Å². The maximum Gasteiger partial charge on any atom is 0.260 e. The number of para-hydroxylation sites is 2. The van der Waals surface area contributed by atoms with E-state index in [2.05, 4.69) is 4.90 Å². The molecule has 0 saturated carbocycles. The fourth-order valence-electron chi connectivity index (χ4n) is 4.18. The number of hydrogen-bond donors (Lipinski definition) is 0. The molecule has 2 heterocycles. The molecule has 0 atom stereocenters. The van der Waals surface area contributed by atoms with Gasteiger partial charge in [0.15, 0.2) is 0 Å². The molecule has 0 aliphatic carbocycles. The normalized spacial score (nSPS) is 16.4. The zero-order valence-corrected chi connectivity index (χ0v) is 17.8. The van der Waals surface area contributed by atoms with E-state index in [0.717, 1.165) is 17.0 Å². The van der Waals surface area contributed by atoms with Gasteiger partial charge in [-0.05, 0) is 30.7 Å². The summed E-state index contributed by atoms with van der Waals surface area (Å²) in [6, 6.07) is 15.1. The summed E-state index contributed by atoms with van der Waals surface area (Å²) in [6.45, 7) is 5.32. The average Bonchev–Trinajstić information content (AvgIpc) is 2.79. The highest BCUT2D eigenvalue weighted by Gasteiger charge is 2.31. The van der Waals surface area contributed by atoms with Gasteiger partial charge in [0, 0.05) is 44.7 Å². The summed E-state index contributed by atoms with van der Waals surface area (Å²) in [5.41, 5.74) is 2.35. The van der Waals surface area contributed by atoms with Crippen LogP contribution < -0.4 is 9.64 Å². The van der Waals surface area contributed by atoms with Crippen molar-refractivity contribution < 1.29 is 19.1 Å². The second kappa shape index (κ2) is 9.20. The topological polar surface area (TPSA) is 70.2 Å². The van der Waals surface area contributed by atoms with E-state index in [9.17, 15) is 14.4 Å². The first-order chi connectivity index (χ1) is 15.1. The van der Waals surface area contributed by atoms with Gasteiger partial charge in [-0.3, -0.25) is 19.3 Å². The van der Waals surface area contributed by atoms with Crippen LogP contribution in [0.15, 0.2) is 48.5 Å². The van der Waals surface area contributed by atoms with Crippen molar-refractivity contribution in [1.82, 2.24) is 9.80 Å². The van der Waals surface area contributed by atoms with Gasteiger partial charge in [0.2, 0.25) is 11.8 Å². The Hall–Kier alpha value is -3.35. The predicted molar refractivity (Wildman–Crippen MR) is 117 cm³/mol. The van der Waals surface area contributed by atoms with E-state index in [1.54, 1.807) is 18.2 Å². The summed E-state index contributed by atoms with van der Waals surface area (Å²) in [5, 5.41) is 0. The molecule has 0 unspecified atom stereocenters. The Morgan fingerprint density at radius 3 is 2.45 bits per heavy atom. The smallest absolute Gasteiger partial charge is 0.260 e. The summed E-state index contributed by atoms with van der Waals surface area (Å²) in [7, 11) is 0. The van der Waals surface area contributed by atoms with Gasteiger partial charge in [-0.2, -0.15) is 0 Å². The van der Waals surface area contributed by atoms with Crippen molar-refractivity contribution in [1.29, 1.82) is 0 Å². The monoisotopic (exact) mass is 421 g/mol. The number of anilines is 1. The van der Waals surface area contributed by atoms with Crippen molar-refractivity contribution >= 4 is 23.4 Å². The molecule has 2 aromatic rings. The Bertz CT molecular complexity index is 982. The summed E-state index contributed by atoms with van der Waals surface area (Å²) >= 11 is 0. The number of hydrogen-bond acceptors (Lipinski definition) is 5. The summed E-state index contributed by atoms with van der Waals surface area (Å²) in [4.78, 5) is 43.1. The summed E-state index contributed by atoms with van der Waals surface area (Å²) in [6.07, 6.45) is 0.350. The third-order valence-electron chi connectivity index (χ3n) is 5.82. The number of carbonyl (C=O) groups is 3. The summed E-state index contributed by atoms with van der Waals surface area (Å²) < 4.78 is 5.72. The highest BCUT2D eigenvalue weighted by molar-refractivity contribution is 6.09. The van der Waals surface area contributed by atoms with Gasteiger partial charge >= 0.3 is 0 Å². The van der Waals surface area contributed by atoms with Gasteiger partial charge in [-0.1, -0.05) is 30.3 Å². The molecule has 0 spiro atoms. The van der Waals surface area contributed by atoms with Crippen LogP contribution >= 0.6 is 0 Å². The third-order valence-corrected chi connectivity index (χ3v) is 5.82. The number of piperazine rings is 1. The number of amides is 3. The Kier molecular flexibility index (Phi) is 6.21. The van der Waals surface area contributed by atoms with Crippen LogP contribution in [0.5, 0.6) is 5.75 Å². The molecule has 1 saturated heterocycles.